The molecule has 3 N–H and O–H groups in total. The summed E-state index contributed by atoms with van der Waals surface area (Å²) in [5.41, 5.74) is 5.82. The van der Waals surface area contributed by atoms with E-state index in [1.807, 2.05) is 31.2 Å². The van der Waals surface area contributed by atoms with Gasteiger partial charge >= 0.3 is 0 Å². The Kier molecular flexibility index (Phi) is 3.80. The molecule has 4 nitrogen and oxygen atoms in total. The molecule has 0 aliphatic heterocycles. The molecule has 1 heterocycles. The second-order valence-electron chi connectivity index (χ2n) is 5.60. The lowest BCUT2D eigenvalue weighted by molar-refractivity contribution is 0.282. The Hall–Kier alpha value is -2.07. The highest BCUT2D eigenvalue weighted by Crippen LogP contribution is 2.30. The van der Waals surface area contributed by atoms with Crippen molar-refractivity contribution in [2.24, 2.45) is 0 Å². The lowest BCUT2D eigenvalue weighted by Crippen LogP contribution is -2.22. The number of pyridine rings is 1. The molecule has 1 aromatic carbocycles. The first kappa shape index (κ1) is 13.9. The molecule has 0 unspecified atom stereocenters. The van der Waals surface area contributed by atoms with Crippen molar-refractivity contribution in [1.82, 2.24) is 4.98 Å². The van der Waals surface area contributed by atoms with Crippen LogP contribution in [-0.2, 0) is 19.4 Å². The van der Waals surface area contributed by atoms with Crippen LogP contribution in [0.15, 0.2) is 29.1 Å². The molecular formula is C17H20N2O2. The Morgan fingerprint density at radius 1 is 1.24 bits per heavy atom. The first-order chi connectivity index (χ1) is 10.2. The molecular weight excluding hydrogens is 264 g/mol. The highest BCUT2D eigenvalue weighted by Gasteiger charge is 2.18. The number of aryl methyl sites for hydroxylation is 1. The molecule has 2 aromatic rings. The maximum Gasteiger partial charge on any atom is 0.251 e. The van der Waals surface area contributed by atoms with E-state index in [0.717, 1.165) is 59.4 Å². The fourth-order valence-electron chi connectivity index (χ4n) is 3.03. The summed E-state index contributed by atoms with van der Waals surface area (Å²) in [6.45, 7) is 1.95. The molecule has 1 aliphatic carbocycles. The van der Waals surface area contributed by atoms with Gasteiger partial charge in [0, 0.05) is 16.9 Å². The maximum absolute atomic E-state index is 12.1. The minimum absolute atomic E-state index is 0.0260. The fraction of sp³-hybridized carbons (Fsp3) is 0.353. The van der Waals surface area contributed by atoms with Gasteiger partial charge in [-0.3, -0.25) is 4.79 Å². The third-order valence-corrected chi connectivity index (χ3v) is 4.10. The number of nitrogens with one attached hydrogen (secondary N) is 2. The van der Waals surface area contributed by atoms with Gasteiger partial charge in [0.1, 0.15) is 0 Å². The third kappa shape index (κ3) is 2.72. The van der Waals surface area contributed by atoms with Gasteiger partial charge in [-0.1, -0.05) is 12.1 Å². The van der Waals surface area contributed by atoms with Crippen molar-refractivity contribution in [1.29, 1.82) is 0 Å². The minimum Gasteiger partial charge on any atom is -0.392 e. The maximum atomic E-state index is 12.1. The number of benzene rings is 1. The second kappa shape index (κ2) is 5.74. The molecule has 4 heteroatoms. The number of hydrogen-bond donors (Lipinski definition) is 3. The zero-order chi connectivity index (χ0) is 14.8. The van der Waals surface area contributed by atoms with Gasteiger partial charge in [0.15, 0.2) is 0 Å². The first-order valence-electron chi connectivity index (χ1n) is 7.40. The van der Waals surface area contributed by atoms with Crippen LogP contribution in [0.3, 0.4) is 0 Å². The Balaban J connectivity index is 2.03. The van der Waals surface area contributed by atoms with Gasteiger partial charge in [0.05, 0.1) is 12.3 Å². The summed E-state index contributed by atoms with van der Waals surface area (Å²) >= 11 is 0. The molecule has 0 atom stereocenters. The zero-order valence-corrected chi connectivity index (χ0v) is 12.2. The summed E-state index contributed by atoms with van der Waals surface area (Å²) in [7, 11) is 0. The van der Waals surface area contributed by atoms with Crippen molar-refractivity contribution in [2.45, 2.75) is 39.2 Å². The van der Waals surface area contributed by atoms with Crippen molar-refractivity contribution in [3.63, 3.8) is 0 Å². The molecule has 0 amide bonds. The Morgan fingerprint density at radius 3 is 2.76 bits per heavy atom. The lowest BCUT2D eigenvalue weighted by atomic mass is 9.91. The predicted octanol–water partition coefficient (Wildman–Crippen LogP) is 2.80. The molecule has 0 radical (unpaired) electrons. The van der Waals surface area contributed by atoms with Crippen molar-refractivity contribution >= 4 is 11.4 Å². The van der Waals surface area contributed by atoms with Gasteiger partial charge in [0.2, 0.25) is 0 Å². The van der Waals surface area contributed by atoms with Crippen LogP contribution in [0.25, 0.3) is 0 Å². The van der Waals surface area contributed by atoms with E-state index in [2.05, 4.69) is 10.3 Å². The van der Waals surface area contributed by atoms with Gasteiger partial charge in [-0.25, -0.2) is 0 Å². The molecule has 1 aliphatic rings. The highest BCUT2D eigenvalue weighted by molar-refractivity contribution is 5.67. The smallest absolute Gasteiger partial charge is 0.251 e. The van der Waals surface area contributed by atoms with E-state index >= 15 is 0 Å². The zero-order valence-electron chi connectivity index (χ0n) is 12.2. The summed E-state index contributed by atoms with van der Waals surface area (Å²) in [5, 5.41) is 12.7. The molecule has 0 bridgehead atoms. The van der Waals surface area contributed by atoms with Crippen LogP contribution in [0, 0.1) is 6.92 Å². The SMILES string of the molecule is Cc1[nH]c(=O)c2c(c1Nc1cccc(CO)c1)CCCC2. The summed E-state index contributed by atoms with van der Waals surface area (Å²) in [6, 6.07) is 7.71. The number of aliphatic hydroxyl groups is 1. The summed E-state index contributed by atoms with van der Waals surface area (Å²) in [5.74, 6) is 0. The topological polar surface area (TPSA) is 65.1 Å². The Morgan fingerprint density at radius 2 is 2.00 bits per heavy atom. The van der Waals surface area contributed by atoms with E-state index < -0.39 is 0 Å². The van der Waals surface area contributed by atoms with Gasteiger partial charge in [-0.15, -0.1) is 0 Å². The largest absolute Gasteiger partial charge is 0.392 e. The molecule has 3 rings (SSSR count). The fourth-order valence-corrected chi connectivity index (χ4v) is 3.03. The summed E-state index contributed by atoms with van der Waals surface area (Å²) in [4.78, 5) is 15.0. The summed E-state index contributed by atoms with van der Waals surface area (Å²) in [6.07, 6.45) is 4.01. The van der Waals surface area contributed by atoms with Crippen LogP contribution >= 0.6 is 0 Å². The van der Waals surface area contributed by atoms with Crippen molar-refractivity contribution in [3.05, 3.63) is 57.0 Å². The van der Waals surface area contributed by atoms with E-state index in [4.69, 9.17) is 0 Å². The van der Waals surface area contributed by atoms with Crippen LogP contribution < -0.4 is 10.9 Å². The lowest BCUT2D eigenvalue weighted by Gasteiger charge is -2.21. The van der Waals surface area contributed by atoms with Crippen molar-refractivity contribution < 1.29 is 5.11 Å². The number of anilines is 2. The van der Waals surface area contributed by atoms with Crippen LogP contribution in [-0.4, -0.2) is 10.1 Å². The third-order valence-electron chi connectivity index (χ3n) is 4.10. The quantitative estimate of drug-likeness (QED) is 0.812. The number of aliphatic hydroxyl groups excluding tert-OH is 1. The number of aromatic amines is 1. The van der Waals surface area contributed by atoms with Gasteiger partial charge < -0.3 is 15.4 Å². The Labute approximate surface area is 123 Å². The van der Waals surface area contributed by atoms with Crippen molar-refractivity contribution in [3.8, 4) is 0 Å². The number of hydrogen-bond acceptors (Lipinski definition) is 3. The average Bonchev–Trinajstić information content (AvgIpc) is 2.51. The predicted molar refractivity (Wildman–Crippen MR) is 84.1 cm³/mol. The second-order valence-corrected chi connectivity index (χ2v) is 5.60. The van der Waals surface area contributed by atoms with E-state index in [1.165, 1.54) is 0 Å². The van der Waals surface area contributed by atoms with Gasteiger partial charge in [-0.2, -0.15) is 0 Å². The molecule has 21 heavy (non-hydrogen) atoms. The molecule has 110 valence electrons. The van der Waals surface area contributed by atoms with E-state index in [0.29, 0.717) is 0 Å². The number of rotatable bonds is 3. The average molecular weight is 284 g/mol. The number of aromatic nitrogens is 1. The monoisotopic (exact) mass is 284 g/mol. The number of fused-ring (bicyclic) bond motifs is 1. The van der Waals surface area contributed by atoms with Crippen LogP contribution in [0.4, 0.5) is 11.4 Å². The van der Waals surface area contributed by atoms with Crippen LogP contribution in [0.2, 0.25) is 0 Å². The van der Waals surface area contributed by atoms with Gasteiger partial charge in [-0.05, 0) is 55.9 Å². The molecule has 0 saturated carbocycles. The van der Waals surface area contributed by atoms with Crippen LogP contribution in [0.1, 0.15) is 35.2 Å². The van der Waals surface area contributed by atoms with E-state index in [1.54, 1.807) is 0 Å². The highest BCUT2D eigenvalue weighted by atomic mass is 16.3. The number of H-pyrrole nitrogens is 1. The first-order valence-corrected chi connectivity index (χ1v) is 7.40. The molecule has 0 fully saturated rings. The Bertz CT molecular complexity index is 719. The standard InChI is InChI=1S/C17H20N2O2/c1-11-16(19-13-6-4-5-12(9-13)10-20)14-7-2-3-8-15(14)17(21)18-11/h4-6,9,19-20H,2-3,7-8,10H2,1H3,(H,18,21). The molecule has 0 spiro atoms. The molecule has 1 aromatic heterocycles. The van der Waals surface area contributed by atoms with Gasteiger partial charge in [0.25, 0.3) is 5.56 Å². The summed E-state index contributed by atoms with van der Waals surface area (Å²) < 4.78 is 0. The van der Waals surface area contributed by atoms with Crippen LogP contribution in [0.5, 0.6) is 0 Å². The normalized spacial score (nSPS) is 13.8. The van der Waals surface area contributed by atoms with E-state index in [9.17, 15) is 9.90 Å². The van der Waals surface area contributed by atoms with Crippen molar-refractivity contribution in [2.75, 3.05) is 5.32 Å². The van der Waals surface area contributed by atoms with E-state index in [-0.39, 0.29) is 12.2 Å². The molecule has 0 saturated heterocycles. The minimum atomic E-state index is 0.0260.